The van der Waals surface area contributed by atoms with Gasteiger partial charge in [-0.1, -0.05) is 147 Å². The average molecular weight is 572 g/mol. The summed E-state index contributed by atoms with van der Waals surface area (Å²) in [5.74, 6) is -0.202. The molecule has 8 rings (SSSR count). The SMILES string of the molecule is CN1c2c(ccc3ccccc23)C2(CCCCC2)[C@@]12C=C(c1ccccc1)C=C(c1ccccc1)[C@H]2C(=O)c1ccccc1. The van der Waals surface area contributed by atoms with Crippen LogP contribution >= 0.6 is 0 Å². The number of hydrogen-bond acceptors (Lipinski definition) is 2. The summed E-state index contributed by atoms with van der Waals surface area (Å²) in [6.07, 6.45) is 10.5. The van der Waals surface area contributed by atoms with Gasteiger partial charge in [-0.3, -0.25) is 4.79 Å². The van der Waals surface area contributed by atoms with Crippen LogP contribution in [0.4, 0.5) is 5.69 Å². The fraction of sp³-hybridized carbons (Fsp3) is 0.214. The molecule has 1 aliphatic heterocycles. The molecule has 2 aliphatic carbocycles. The van der Waals surface area contributed by atoms with Crippen LogP contribution < -0.4 is 4.90 Å². The van der Waals surface area contributed by atoms with Gasteiger partial charge in [0, 0.05) is 29.1 Å². The topological polar surface area (TPSA) is 20.3 Å². The fourth-order valence-corrected chi connectivity index (χ4v) is 8.89. The number of likely N-dealkylation sites (N-methyl/N-ethyl adjacent to an activating group) is 1. The van der Waals surface area contributed by atoms with Crippen LogP contribution in [0.3, 0.4) is 0 Å². The van der Waals surface area contributed by atoms with Crippen LogP contribution in [0.2, 0.25) is 0 Å². The number of fused-ring (bicyclic) bond motifs is 5. The molecule has 1 saturated carbocycles. The van der Waals surface area contributed by atoms with Crippen molar-refractivity contribution in [2.75, 3.05) is 11.9 Å². The van der Waals surface area contributed by atoms with Crippen molar-refractivity contribution >= 4 is 33.4 Å². The maximum absolute atomic E-state index is 15.3. The Labute approximate surface area is 260 Å². The molecule has 0 N–H and O–H groups in total. The Morgan fingerprint density at radius 2 is 1.30 bits per heavy atom. The van der Waals surface area contributed by atoms with Crippen molar-refractivity contribution in [2.24, 2.45) is 5.92 Å². The van der Waals surface area contributed by atoms with E-state index < -0.39 is 11.5 Å². The first kappa shape index (κ1) is 26.9. The highest BCUT2D eigenvalue weighted by Gasteiger charge is 2.66. The molecular formula is C42H37NO. The molecular weight excluding hydrogens is 534 g/mol. The Balaban J connectivity index is 1.50. The molecule has 5 aromatic rings. The summed E-state index contributed by atoms with van der Waals surface area (Å²) < 4.78 is 0. The molecule has 2 spiro atoms. The van der Waals surface area contributed by atoms with Crippen LogP contribution in [0.25, 0.3) is 21.9 Å². The first-order valence-corrected chi connectivity index (χ1v) is 16.0. The number of allylic oxidation sites excluding steroid dienone is 2. The summed E-state index contributed by atoms with van der Waals surface area (Å²) in [7, 11) is 2.27. The number of nitrogens with zero attached hydrogens (tertiary/aromatic N) is 1. The summed E-state index contributed by atoms with van der Waals surface area (Å²) >= 11 is 0. The minimum atomic E-state index is -0.599. The Bertz CT molecular complexity index is 1910. The van der Waals surface area contributed by atoms with Gasteiger partial charge >= 0.3 is 0 Å². The van der Waals surface area contributed by atoms with E-state index in [1.807, 2.05) is 30.3 Å². The number of anilines is 1. The fourth-order valence-electron chi connectivity index (χ4n) is 8.89. The lowest BCUT2D eigenvalue weighted by molar-refractivity contribution is 0.0841. The van der Waals surface area contributed by atoms with E-state index in [4.69, 9.17) is 0 Å². The van der Waals surface area contributed by atoms with Gasteiger partial charge in [-0.25, -0.2) is 0 Å². The average Bonchev–Trinajstić information content (AvgIpc) is 3.29. The highest BCUT2D eigenvalue weighted by molar-refractivity contribution is 6.11. The maximum atomic E-state index is 15.3. The summed E-state index contributed by atoms with van der Waals surface area (Å²) in [6.45, 7) is 0. The number of benzene rings is 5. The molecule has 0 bridgehead atoms. The Hall–Kier alpha value is -4.69. The van der Waals surface area contributed by atoms with Gasteiger partial charge in [0.05, 0.1) is 11.5 Å². The normalized spacial score (nSPS) is 22.1. The molecule has 0 amide bonds. The Kier molecular flexibility index (Phi) is 6.41. The standard InChI is InChI=1S/C42H37NO/c1-43-39-35-23-13-12-20-32(35)24-25-37(39)41(26-14-5-15-27-41)42(43)29-34(30-16-6-2-7-17-30)28-36(31-18-8-3-9-19-31)38(42)40(44)33-21-10-4-11-22-33/h2-4,6-13,16-25,28-29,38H,5,14-15,26-27H2,1H3/t38-,42-/m0/s1. The lowest BCUT2D eigenvalue weighted by atomic mass is 9.51. The second kappa shape index (κ2) is 10.5. The summed E-state index contributed by atoms with van der Waals surface area (Å²) in [5, 5.41) is 2.51. The van der Waals surface area contributed by atoms with Crippen molar-refractivity contribution in [3.63, 3.8) is 0 Å². The van der Waals surface area contributed by atoms with Crippen LogP contribution in [0.15, 0.2) is 140 Å². The number of rotatable bonds is 4. The highest BCUT2D eigenvalue weighted by atomic mass is 16.1. The molecule has 216 valence electrons. The van der Waals surface area contributed by atoms with Gasteiger partial charge in [-0.2, -0.15) is 0 Å². The maximum Gasteiger partial charge on any atom is 0.173 e. The first-order chi connectivity index (χ1) is 21.6. The van der Waals surface area contributed by atoms with E-state index in [-0.39, 0.29) is 11.2 Å². The third-order valence-electron chi connectivity index (χ3n) is 10.8. The van der Waals surface area contributed by atoms with Crippen LogP contribution in [0.1, 0.15) is 59.2 Å². The molecule has 1 fully saturated rings. The number of hydrogen-bond donors (Lipinski definition) is 0. The van der Waals surface area contributed by atoms with Crippen molar-refractivity contribution in [1.29, 1.82) is 0 Å². The second-order valence-corrected chi connectivity index (χ2v) is 12.8. The van der Waals surface area contributed by atoms with E-state index >= 15 is 4.79 Å². The quantitative estimate of drug-likeness (QED) is 0.200. The molecule has 44 heavy (non-hydrogen) atoms. The van der Waals surface area contributed by atoms with Crippen molar-refractivity contribution in [3.05, 3.63) is 162 Å². The summed E-state index contributed by atoms with van der Waals surface area (Å²) in [6, 6.07) is 44.9. The van der Waals surface area contributed by atoms with Gasteiger partial charge in [-0.05, 0) is 58.2 Å². The number of ketones is 1. The second-order valence-electron chi connectivity index (χ2n) is 12.8. The van der Waals surface area contributed by atoms with Gasteiger partial charge in [0.15, 0.2) is 5.78 Å². The minimum absolute atomic E-state index is 0.193. The molecule has 0 saturated heterocycles. The molecule has 0 unspecified atom stereocenters. The lowest BCUT2D eigenvalue weighted by Crippen LogP contribution is -2.63. The van der Waals surface area contributed by atoms with Crippen LogP contribution in [0.5, 0.6) is 0 Å². The number of Topliss-reactive ketones (excluding diaryl/α,β-unsaturated/α-hetero) is 1. The Morgan fingerprint density at radius 3 is 2.00 bits per heavy atom. The zero-order valence-electron chi connectivity index (χ0n) is 25.2. The van der Waals surface area contributed by atoms with E-state index in [0.717, 1.165) is 42.4 Å². The summed E-state index contributed by atoms with van der Waals surface area (Å²) in [5.41, 5.74) is 7.24. The molecule has 3 aliphatic rings. The molecule has 5 aromatic carbocycles. The van der Waals surface area contributed by atoms with Gasteiger partial charge < -0.3 is 4.90 Å². The van der Waals surface area contributed by atoms with E-state index in [2.05, 4.69) is 121 Å². The minimum Gasteiger partial charge on any atom is -0.363 e. The predicted molar refractivity (Wildman–Crippen MR) is 183 cm³/mol. The largest absolute Gasteiger partial charge is 0.363 e. The van der Waals surface area contributed by atoms with Gasteiger partial charge in [0.2, 0.25) is 0 Å². The van der Waals surface area contributed by atoms with Crippen LogP contribution in [-0.2, 0) is 5.41 Å². The van der Waals surface area contributed by atoms with Gasteiger partial charge in [0.1, 0.15) is 0 Å². The smallest absolute Gasteiger partial charge is 0.173 e. The van der Waals surface area contributed by atoms with E-state index in [0.29, 0.717) is 0 Å². The van der Waals surface area contributed by atoms with Crippen molar-refractivity contribution < 1.29 is 4.79 Å². The molecule has 0 aromatic heterocycles. The van der Waals surface area contributed by atoms with Crippen molar-refractivity contribution in [2.45, 2.75) is 43.1 Å². The molecule has 2 atom stereocenters. The van der Waals surface area contributed by atoms with Gasteiger partial charge in [0.25, 0.3) is 0 Å². The van der Waals surface area contributed by atoms with E-state index in [1.54, 1.807) is 0 Å². The number of carbonyl (C=O) groups excluding carboxylic acids is 1. The third kappa shape index (κ3) is 3.83. The zero-order chi connectivity index (χ0) is 29.7. The zero-order valence-corrected chi connectivity index (χ0v) is 25.2. The molecule has 2 nitrogen and oxygen atoms in total. The predicted octanol–water partition coefficient (Wildman–Crippen LogP) is 9.91. The van der Waals surface area contributed by atoms with Crippen LogP contribution in [-0.4, -0.2) is 18.4 Å². The van der Waals surface area contributed by atoms with E-state index in [1.165, 1.54) is 39.6 Å². The molecule has 2 heteroatoms. The van der Waals surface area contributed by atoms with Crippen molar-refractivity contribution in [3.8, 4) is 0 Å². The Morgan fingerprint density at radius 1 is 0.682 bits per heavy atom. The van der Waals surface area contributed by atoms with Crippen LogP contribution in [0, 0.1) is 5.92 Å². The third-order valence-corrected chi connectivity index (χ3v) is 10.8. The highest BCUT2D eigenvalue weighted by Crippen LogP contribution is 2.66. The monoisotopic (exact) mass is 571 g/mol. The summed E-state index contributed by atoms with van der Waals surface area (Å²) in [4.78, 5) is 17.8. The number of carbonyl (C=O) groups is 1. The lowest BCUT2D eigenvalue weighted by Gasteiger charge is -2.56. The van der Waals surface area contributed by atoms with Gasteiger partial charge in [-0.15, -0.1) is 0 Å². The first-order valence-electron chi connectivity index (χ1n) is 16.0. The van der Waals surface area contributed by atoms with Crippen molar-refractivity contribution in [1.82, 2.24) is 0 Å². The molecule has 1 heterocycles. The van der Waals surface area contributed by atoms with E-state index in [9.17, 15) is 0 Å². The molecule has 0 radical (unpaired) electrons.